The van der Waals surface area contributed by atoms with Crippen LogP contribution in [0.4, 0.5) is 0 Å². The molecular formula is C74H135N2O6P. The van der Waals surface area contributed by atoms with E-state index in [0.29, 0.717) is 17.4 Å². The van der Waals surface area contributed by atoms with Crippen LogP contribution in [-0.2, 0) is 18.4 Å². The maximum absolute atomic E-state index is 13.0. The minimum absolute atomic E-state index is 0.0100. The van der Waals surface area contributed by atoms with Gasteiger partial charge in [-0.3, -0.25) is 9.36 Å². The molecule has 0 rings (SSSR count). The zero-order valence-corrected chi connectivity index (χ0v) is 56.0. The molecule has 0 aromatic carbocycles. The van der Waals surface area contributed by atoms with Crippen molar-refractivity contribution in [3.63, 3.8) is 0 Å². The van der Waals surface area contributed by atoms with Gasteiger partial charge in [-0.2, -0.15) is 0 Å². The number of likely N-dealkylation sites (N-methyl/N-ethyl adjacent to an activating group) is 1. The molecule has 8 nitrogen and oxygen atoms in total. The van der Waals surface area contributed by atoms with Crippen molar-refractivity contribution in [3.05, 3.63) is 97.2 Å². The van der Waals surface area contributed by atoms with Gasteiger partial charge in [-0.15, -0.1) is 0 Å². The Hall–Kier alpha value is -2.58. The van der Waals surface area contributed by atoms with E-state index in [4.69, 9.17) is 9.05 Å². The number of unbranched alkanes of at least 4 members (excludes halogenated alkanes) is 37. The number of aliphatic hydroxyl groups is 1. The van der Waals surface area contributed by atoms with Gasteiger partial charge in [-0.1, -0.05) is 317 Å². The summed E-state index contributed by atoms with van der Waals surface area (Å²) in [6.07, 6.45) is 92.6. The van der Waals surface area contributed by atoms with E-state index in [1.165, 1.54) is 218 Å². The SMILES string of the molecule is CC/C=C\C/C=C\C/C=C\C/C=C\C/C=C\CCCCCCCCCCCCCCCCCCCCCCCCCCCC(=O)NC(COP(=O)([O-])OCC[N+](C)(C)C)C(O)/C=C/CC/C=C/CC/C=C/CCCCCCCCCCCC. The number of hydrogen-bond acceptors (Lipinski definition) is 6. The number of allylic oxidation sites excluding steroid dienone is 15. The molecule has 3 atom stereocenters. The number of carbonyl (C=O) groups is 1. The van der Waals surface area contributed by atoms with Crippen molar-refractivity contribution < 1.29 is 32.9 Å². The molecule has 2 N–H and O–H groups in total. The van der Waals surface area contributed by atoms with E-state index in [1.54, 1.807) is 6.08 Å². The molecule has 3 unspecified atom stereocenters. The Morgan fingerprint density at radius 3 is 1.12 bits per heavy atom. The van der Waals surface area contributed by atoms with Gasteiger partial charge in [0, 0.05) is 6.42 Å². The fraction of sp³-hybridized carbons (Fsp3) is 0.770. The summed E-state index contributed by atoms with van der Waals surface area (Å²) in [5.74, 6) is -0.208. The zero-order valence-electron chi connectivity index (χ0n) is 55.1. The summed E-state index contributed by atoms with van der Waals surface area (Å²) in [6, 6.07) is -0.913. The van der Waals surface area contributed by atoms with Crippen molar-refractivity contribution in [1.29, 1.82) is 0 Å². The summed E-state index contributed by atoms with van der Waals surface area (Å²) in [4.78, 5) is 25.6. The van der Waals surface area contributed by atoms with Gasteiger partial charge in [0.05, 0.1) is 39.9 Å². The number of amides is 1. The highest BCUT2D eigenvalue weighted by Crippen LogP contribution is 2.38. The lowest BCUT2D eigenvalue weighted by Crippen LogP contribution is -2.45. The third kappa shape index (κ3) is 66.8. The number of nitrogens with one attached hydrogen (secondary N) is 1. The quantitative estimate of drug-likeness (QED) is 0.0272. The van der Waals surface area contributed by atoms with Gasteiger partial charge in [-0.25, -0.2) is 0 Å². The minimum Gasteiger partial charge on any atom is -0.756 e. The molecule has 0 heterocycles. The van der Waals surface area contributed by atoms with Gasteiger partial charge in [-0.05, 0) is 89.9 Å². The largest absolute Gasteiger partial charge is 0.756 e. The second-order valence-electron chi connectivity index (χ2n) is 24.8. The third-order valence-electron chi connectivity index (χ3n) is 15.5. The van der Waals surface area contributed by atoms with Crippen LogP contribution in [0, 0.1) is 0 Å². The Morgan fingerprint density at radius 2 is 0.747 bits per heavy atom. The average molecular weight is 1180 g/mol. The molecule has 0 aliphatic heterocycles. The van der Waals surface area contributed by atoms with Crippen LogP contribution in [0.25, 0.3) is 0 Å². The van der Waals surface area contributed by atoms with Crippen molar-refractivity contribution in [3.8, 4) is 0 Å². The van der Waals surface area contributed by atoms with Crippen molar-refractivity contribution in [2.45, 2.75) is 328 Å². The molecule has 0 bridgehead atoms. The smallest absolute Gasteiger partial charge is 0.268 e. The van der Waals surface area contributed by atoms with Crippen LogP contribution in [0.1, 0.15) is 316 Å². The molecule has 482 valence electrons. The predicted octanol–water partition coefficient (Wildman–Crippen LogP) is 21.9. The van der Waals surface area contributed by atoms with Crippen molar-refractivity contribution in [1.82, 2.24) is 5.32 Å². The van der Waals surface area contributed by atoms with Crippen LogP contribution in [0.5, 0.6) is 0 Å². The summed E-state index contributed by atoms with van der Waals surface area (Å²) in [5.41, 5.74) is 0. The van der Waals surface area contributed by atoms with Crippen molar-refractivity contribution in [2.24, 2.45) is 0 Å². The highest BCUT2D eigenvalue weighted by atomic mass is 31.2. The summed E-state index contributed by atoms with van der Waals surface area (Å²) in [5, 5.41) is 13.9. The predicted molar refractivity (Wildman–Crippen MR) is 362 cm³/mol. The number of phosphoric ester groups is 1. The van der Waals surface area contributed by atoms with E-state index in [-0.39, 0.29) is 12.5 Å². The lowest BCUT2D eigenvalue weighted by molar-refractivity contribution is -0.870. The number of carbonyl (C=O) groups excluding carboxylic acids is 1. The van der Waals surface area contributed by atoms with E-state index in [0.717, 1.165) is 77.0 Å². The molecule has 0 fully saturated rings. The highest BCUT2D eigenvalue weighted by Gasteiger charge is 2.23. The number of rotatable bonds is 64. The van der Waals surface area contributed by atoms with Gasteiger partial charge in [0.25, 0.3) is 7.82 Å². The Morgan fingerprint density at radius 1 is 0.434 bits per heavy atom. The van der Waals surface area contributed by atoms with Crippen LogP contribution in [-0.4, -0.2) is 68.5 Å². The first-order valence-corrected chi connectivity index (χ1v) is 36.6. The van der Waals surface area contributed by atoms with E-state index in [9.17, 15) is 19.4 Å². The zero-order chi connectivity index (χ0) is 60.5. The Kier molecular flexibility index (Phi) is 61.9. The molecular weight excluding hydrogens is 1040 g/mol. The molecule has 0 aromatic rings. The molecule has 0 aliphatic carbocycles. The van der Waals surface area contributed by atoms with Crippen LogP contribution in [0.3, 0.4) is 0 Å². The molecule has 0 radical (unpaired) electrons. The van der Waals surface area contributed by atoms with Gasteiger partial charge in [0.2, 0.25) is 5.91 Å². The molecule has 9 heteroatoms. The fourth-order valence-electron chi connectivity index (χ4n) is 10.1. The van der Waals surface area contributed by atoms with E-state index < -0.39 is 26.6 Å². The van der Waals surface area contributed by atoms with Gasteiger partial charge in [0.15, 0.2) is 0 Å². The maximum Gasteiger partial charge on any atom is 0.268 e. The number of hydrogen-bond donors (Lipinski definition) is 2. The Balaban J connectivity index is 3.98. The second-order valence-corrected chi connectivity index (χ2v) is 26.2. The Labute approximate surface area is 515 Å². The summed E-state index contributed by atoms with van der Waals surface area (Å²) < 4.78 is 23.4. The molecule has 0 aliphatic rings. The summed E-state index contributed by atoms with van der Waals surface area (Å²) >= 11 is 0. The van der Waals surface area contributed by atoms with Crippen LogP contribution in [0.2, 0.25) is 0 Å². The Bertz CT molecular complexity index is 1670. The second kappa shape index (κ2) is 63.9. The molecule has 83 heavy (non-hydrogen) atoms. The summed E-state index contributed by atoms with van der Waals surface area (Å²) in [6.45, 7) is 4.53. The molecule has 1 amide bonds. The van der Waals surface area contributed by atoms with E-state index in [1.807, 2.05) is 27.2 Å². The lowest BCUT2D eigenvalue weighted by Gasteiger charge is -2.29. The van der Waals surface area contributed by atoms with Crippen LogP contribution < -0.4 is 10.2 Å². The van der Waals surface area contributed by atoms with Gasteiger partial charge >= 0.3 is 0 Å². The number of phosphoric acid groups is 1. The number of nitrogens with zero attached hydrogens (tertiary/aromatic N) is 1. The first-order chi connectivity index (χ1) is 40.5. The maximum atomic E-state index is 13.0. The van der Waals surface area contributed by atoms with Crippen LogP contribution in [0.15, 0.2) is 97.2 Å². The lowest BCUT2D eigenvalue weighted by atomic mass is 10.0. The topological polar surface area (TPSA) is 108 Å². The highest BCUT2D eigenvalue weighted by molar-refractivity contribution is 7.45. The first kappa shape index (κ1) is 80.4. The normalized spacial score (nSPS) is 14.3. The third-order valence-corrected chi connectivity index (χ3v) is 16.5. The number of quaternary nitrogens is 1. The molecule has 0 aromatic heterocycles. The van der Waals surface area contributed by atoms with Crippen molar-refractivity contribution in [2.75, 3.05) is 40.9 Å². The van der Waals surface area contributed by atoms with E-state index >= 15 is 0 Å². The van der Waals surface area contributed by atoms with Crippen molar-refractivity contribution >= 4 is 13.7 Å². The standard InChI is InChI=1S/C74H135N2O6P/c1-6-8-10-12-14-16-18-20-22-24-26-28-29-30-31-32-33-34-35-36-37-38-39-40-41-42-43-44-45-46-47-48-50-52-54-56-58-60-62-64-66-68-74(78)75-72(71-82-83(79,80)81-70-69-76(3,4)5)73(77)67-65-63-61-59-57-55-53-51-49-27-25-23-21-19-17-15-13-11-9-7-2/h8,10,14,16,20,22,26,28,30-31,49,51,57,59,65,67,72-73,77H,6-7,9,11-13,15,17-19,21,23-25,27,29,32-48,50,52-56,58,60-64,66,68-71H2,1-5H3,(H-,75,78,79,80)/b10-8-,16-14-,22-20-,28-26-,31-30-,51-49+,59-57+,67-65+. The number of aliphatic hydroxyl groups excluding tert-OH is 1. The van der Waals surface area contributed by atoms with E-state index in [2.05, 4.69) is 104 Å². The van der Waals surface area contributed by atoms with Gasteiger partial charge in [0.1, 0.15) is 13.2 Å². The monoisotopic (exact) mass is 1180 g/mol. The minimum atomic E-state index is -4.62. The molecule has 0 spiro atoms. The fourth-order valence-corrected chi connectivity index (χ4v) is 10.8. The average Bonchev–Trinajstić information content (AvgIpc) is 3.49. The van der Waals surface area contributed by atoms with Crippen LogP contribution >= 0.6 is 7.82 Å². The molecule has 0 saturated carbocycles. The first-order valence-electron chi connectivity index (χ1n) is 35.1. The summed E-state index contributed by atoms with van der Waals surface area (Å²) in [7, 11) is 1.24. The molecule has 0 saturated heterocycles. The van der Waals surface area contributed by atoms with Gasteiger partial charge < -0.3 is 28.8 Å².